The largest absolute Gasteiger partial charge is 0.454 e. The summed E-state index contributed by atoms with van der Waals surface area (Å²) in [6, 6.07) is 13.9. The van der Waals surface area contributed by atoms with Crippen molar-refractivity contribution in [3.05, 3.63) is 58.7 Å². The number of pyridine rings is 1. The zero-order valence-corrected chi connectivity index (χ0v) is 13.2. The highest BCUT2D eigenvalue weighted by Gasteiger charge is 2.10. The maximum atomic E-state index is 6.05. The Hall–Kier alpha value is -2.07. The summed E-state index contributed by atoms with van der Waals surface area (Å²) in [4.78, 5) is 4.33. The van der Waals surface area contributed by atoms with Crippen LogP contribution in [0.5, 0.6) is 11.5 Å². The van der Waals surface area contributed by atoms with Crippen molar-refractivity contribution in [1.29, 1.82) is 0 Å². The molecule has 0 atom stereocenters. The van der Waals surface area contributed by atoms with Gasteiger partial charge in [0.05, 0.1) is 17.4 Å². The van der Waals surface area contributed by atoms with E-state index in [1.54, 1.807) is 6.20 Å². The Kier molecular flexibility index (Phi) is 3.80. The van der Waals surface area contributed by atoms with Crippen LogP contribution in [0.25, 0.3) is 10.9 Å². The third-order valence-electron chi connectivity index (χ3n) is 3.33. The molecule has 0 saturated heterocycles. The van der Waals surface area contributed by atoms with Crippen molar-refractivity contribution in [2.75, 3.05) is 5.73 Å². The smallest absolute Gasteiger partial charge is 0.161 e. The van der Waals surface area contributed by atoms with Gasteiger partial charge in [0.15, 0.2) is 5.75 Å². The number of anilines is 1. The number of nitrogens with two attached hydrogens (primary N) is 1. The Labute approximate surface area is 131 Å². The van der Waals surface area contributed by atoms with Crippen molar-refractivity contribution in [3.8, 4) is 11.5 Å². The maximum absolute atomic E-state index is 6.05. The standard InChI is InChI=1S/C17H15BrN2O/c1-2-11-4-3-5-13(8-11)21-17-14-9-12(18)6-7-16(14)20-10-15(17)19/h3-10H,2,19H2,1H3. The fraction of sp³-hybridized carbons (Fsp3) is 0.118. The van der Waals surface area contributed by atoms with Crippen molar-refractivity contribution in [2.24, 2.45) is 0 Å². The van der Waals surface area contributed by atoms with Gasteiger partial charge in [0.2, 0.25) is 0 Å². The molecular formula is C17H15BrN2O. The van der Waals surface area contributed by atoms with Crippen LogP contribution in [0.3, 0.4) is 0 Å². The van der Waals surface area contributed by atoms with Crippen LogP contribution in [-0.2, 0) is 6.42 Å². The number of ether oxygens (including phenoxy) is 1. The molecule has 21 heavy (non-hydrogen) atoms. The maximum Gasteiger partial charge on any atom is 0.161 e. The van der Waals surface area contributed by atoms with E-state index in [4.69, 9.17) is 10.5 Å². The van der Waals surface area contributed by atoms with Crippen LogP contribution < -0.4 is 10.5 Å². The van der Waals surface area contributed by atoms with Gasteiger partial charge in [-0.15, -0.1) is 0 Å². The summed E-state index contributed by atoms with van der Waals surface area (Å²) in [5.41, 5.74) is 8.67. The van der Waals surface area contributed by atoms with Crippen molar-refractivity contribution < 1.29 is 4.74 Å². The lowest BCUT2D eigenvalue weighted by Crippen LogP contribution is -1.95. The number of aryl methyl sites for hydroxylation is 1. The number of aromatic nitrogens is 1. The van der Waals surface area contributed by atoms with E-state index in [2.05, 4.69) is 33.9 Å². The molecule has 3 rings (SSSR count). The fourth-order valence-electron chi connectivity index (χ4n) is 2.22. The van der Waals surface area contributed by atoms with Crippen LogP contribution in [0.1, 0.15) is 12.5 Å². The summed E-state index contributed by atoms with van der Waals surface area (Å²) in [6.45, 7) is 2.12. The summed E-state index contributed by atoms with van der Waals surface area (Å²) < 4.78 is 7.00. The molecule has 0 fully saturated rings. The number of benzene rings is 2. The summed E-state index contributed by atoms with van der Waals surface area (Å²) in [6.07, 6.45) is 2.60. The van der Waals surface area contributed by atoms with E-state index in [0.717, 1.165) is 27.5 Å². The predicted molar refractivity (Wildman–Crippen MR) is 89.7 cm³/mol. The molecule has 3 nitrogen and oxygen atoms in total. The lowest BCUT2D eigenvalue weighted by Gasteiger charge is -2.12. The third kappa shape index (κ3) is 2.85. The monoisotopic (exact) mass is 342 g/mol. The molecule has 1 aromatic heterocycles. The Balaban J connectivity index is 2.10. The number of nitrogens with zero attached hydrogens (tertiary/aromatic N) is 1. The average Bonchev–Trinajstić information content (AvgIpc) is 2.50. The Morgan fingerprint density at radius 1 is 1.19 bits per heavy atom. The molecule has 0 saturated carbocycles. The molecule has 0 amide bonds. The second kappa shape index (κ2) is 5.74. The quantitative estimate of drug-likeness (QED) is 0.733. The molecule has 1 heterocycles. The predicted octanol–water partition coefficient (Wildman–Crippen LogP) is 4.93. The van der Waals surface area contributed by atoms with E-state index < -0.39 is 0 Å². The summed E-state index contributed by atoms with van der Waals surface area (Å²) in [5, 5.41) is 0.895. The highest BCUT2D eigenvalue weighted by molar-refractivity contribution is 9.10. The zero-order chi connectivity index (χ0) is 14.8. The Morgan fingerprint density at radius 2 is 2.05 bits per heavy atom. The molecule has 0 aliphatic rings. The van der Waals surface area contributed by atoms with Crippen LogP contribution in [0.15, 0.2) is 53.1 Å². The second-order valence-corrected chi connectivity index (χ2v) is 5.72. The van der Waals surface area contributed by atoms with Gasteiger partial charge in [-0.1, -0.05) is 35.0 Å². The molecule has 106 valence electrons. The van der Waals surface area contributed by atoms with Crippen LogP contribution in [0.2, 0.25) is 0 Å². The SMILES string of the molecule is CCc1cccc(Oc2c(N)cnc3ccc(Br)cc23)c1. The summed E-state index contributed by atoms with van der Waals surface area (Å²) in [5.74, 6) is 1.43. The molecule has 2 N–H and O–H groups in total. The minimum atomic E-state index is 0.530. The average molecular weight is 343 g/mol. The highest BCUT2D eigenvalue weighted by atomic mass is 79.9. The number of hydrogen-bond acceptors (Lipinski definition) is 3. The first kappa shape index (κ1) is 13.9. The lowest BCUT2D eigenvalue weighted by atomic mass is 10.1. The Morgan fingerprint density at radius 3 is 2.86 bits per heavy atom. The van der Waals surface area contributed by atoms with Gasteiger partial charge < -0.3 is 10.5 Å². The Bertz CT molecular complexity index is 797. The first-order valence-corrected chi connectivity index (χ1v) is 7.57. The first-order valence-electron chi connectivity index (χ1n) is 6.78. The summed E-state index contributed by atoms with van der Waals surface area (Å²) >= 11 is 3.48. The number of halogens is 1. The number of hydrogen-bond donors (Lipinski definition) is 1. The van der Waals surface area contributed by atoms with E-state index in [1.807, 2.05) is 36.4 Å². The van der Waals surface area contributed by atoms with Crippen LogP contribution >= 0.6 is 15.9 Å². The second-order valence-electron chi connectivity index (χ2n) is 4.81. The van der Waals surface area contributed by atoms with Gasteiger partial charge >= 0.3 is 0 Å². The summed E-state index contributed by atoms with van der Waals surface area (Å²) in [7, 11) is 0. The van der Waals surface area contributed by atoms with Gasteiger partial charge in [-0.2, -0.15) is 0 Å². The third-order valence-corrected chi connectivity index (χ3v) is 3.83. The zero-order valence-electron chi connectivity index (χ0n) is 11.6. The van der Waals surface area contributed by atoms with E-state index in [9.17, 15) is 0 Å². The number of rotatable bonds is 3. The van der Waals surface area contributed by atoms with Gasteiger partial charge in [-0.25, -0.2) is 0 Å². The normalized spacial score (nSPS) is 10.8. The van der Waals surface area contributed by atoms with Crippen LogP contribution in [-0.4, -0.2) is 4.98 Å². The number of nitrogen functional groups attached to an aromatic ring is 1. The molecule has 2 aromatic carbocycles. The van der Waals surface area contributed by atoms with Crippen molar-refractivity contribution in [2.45, 2.75) is 13.3 Å². The van der Waals surface area contributed by atoms with Crippen LogP contribution in [0, 0.1) is 0 Å². The highest BCUT2D eigenvalue weighted by Crippen LogP contribution is 2.35. The molecule has 0 spiro atoms. The van der Waals surface area contributed by atoms with Crippen molar-refractivity contribution in [1.82, 2.24) is 4.98 Å². The van der Waals surface area contributed by atoms with Gasteiger partial charge in [0.25, 0.3) is 0 Å². The van der Waals surface area contributed by atoms with E-state index in [0.29, 0.717) is 11.4 Å². The van der Waals surface area contributed by atoms with Crippen molar-refractivity contribution in [3.63, 3.8) is 0 Å². The molecule has 0 unspecified atom stereocenters. The van der Waals surface area contributed by atoms with Gasteiger partial charge in [-0.05, 0) is 42.3 Å². The number of fused-ring (bicyclic) bond motifs is 1. The van der Waals surface area contributed by atoms with Gasteiger partial charge in [0.1, 0.15) is 5.75 Å². The molecule has 0 aliphatic heterocycles. The molecule has 4 heteroatoms. The molecule has 3 aromatic rings. The van der Waals surface area contributed by atoms with E-state index >= 15 is 0 Å². The van der Waals surface area contributed by atoms with E-state index in [1.165, 1.54) is 5.56 Å². The van der Waals surface area contributed by atoms with E-state index in [-0.39, 0.29) is 0 Å². The minimum absolute atomic E-state index is 0.530. The minimum Gasteiger partial charge on any atom is -0.454 e. The molecule has 0 bridgehead atoms. The van der Waals surface area contributed by atoms with Gasteiger partial charge in [-0.3, -0.25) is 4.98 Å². The topological polar surface area (TPSA) is 48.1 Å². The molecule has 0 radical (unpaired) electrons. The lowest BCUT2D eigenvalue weighted by molar-refractivity contribution is 0.489. The fourth-order valence-corrected chi connectivity index (χ4v) is 2.58. The first-order chi connectivity index (χ1) is 10.2. The van der Waals surface area contributed by atoms with Crippen LogP contribution in [0.4, 0.5) is 5.69 Å². The molecule has 0 aliphatic carbocycles. The van der Waals surface area contributed by atoms with Crippen molar-refractivity contribution >= 4 is 32.5 Å². The van der Waals surface area contributed by atoms with Gasteiger partial charge in [0, 0.05) is 9.86 Å². The molecular weight excluding hydrogens is 328 g/mol.